The lowest BCUT2D eigenvalue weighted by atomic mass is 9.98. The molecule has 0 radical (unpaired) electrons. The van der Waals surface area contributed by atoms with Crippen molar-refractivity contribution in [3.05, 3.63) is 34.9 Å². The summed E-state index contributed by atoms with van der Waals surface area (Å²) in [5.74, 6) is -1.68. The molecule has 2 unspecified atom stereocenters. The molecule has 0 saturated heterocycles. The second kappa shape index (κ2) is 13.7. The van der Waals surface area contributed by atoms with E-state index in [0.717, 1.165) is 30.4 Å². The second-order valence-electron chi connectivity index (χ2n) is 9.74. The van der Waals surface area contributed by atoms with Crippen LogP contribution in [0, 0.1) is 13.8 Å². The van der Waals surface area contributed by atoms with Gasteiger partial charge >= 0.3 is 6.09 Å². The summed E-state index contributed by atoms with van der Waals surface area (Å²) in [4.78, 5) is 52.5. The minimum Gasteiger partial charge on any atom is -0.444 e. The number of hydrogen-bond donors (Lipinski definition) is 3. The highest BCUT2D eigenvalue weighted by atomic mass is 16.6. The molecule has 1 aromatic rings. The number of ether oxygens (including phenoxy) is 1. The molecular formula is C26H42N4O5. The summed E-state index contributed by atoms with van der Waals surface area (Å²) in [5.41, 5.74) is 7.26. The van der Waals surface area contributed by atoms with Gasteiger partial charge < -0.3 is 26.0 Å². The van der Waals surface area contributed by atoms with Gasteiger partial charge in [0.1, 0.15) is 17.7 Å². The molecule has 0 saturated carbocycles. The van der Waals surface area contributed by atoms with Gasteiger partial charge in [-0.1, -0.05) is 38.0 Å². The van der Waals surface area contributed by atoms with Crippen LogP contribution in [0.15, 0.2) is 18.2 Å². The first kappa shape index (κ1) is 29.9. The van der Waals surface area contributed by atoms with Crippen LogP contribution < -0.4 is 16.4 Å². The fourth-order valence-corrected chi connectivity index (χ4v) is 3.61. The Morgan fingerprint density at radius 1 is 1.06 bits per heavy atom. The van der Waals surface area contributed by atoms with Crippen molar-refractivity contribution < 1.29 is 23.9 Å². The van der Waals surface area contributed by atoms with Gasteiger partial charge in [0.25, 0.3) is 0 Å². The van der Waals surface area contributed by atoms with Crippen molar-refractivity contribution in [3.63, 3.8) is 0 Å². The number of alkyl carbamates (subject to hydrolysis) is 1. The molecular weight excluding hydrogens is 448 g/mol. The Bertz CT molecular complexity index is 894. The van der Waals surface area contributed by atoms with Crippen LogP contribution >= 0.6 is 0 Å². The number of carbonyl (C=O) groups excluding carboxylic acids is 4. The molecule has 0 spiro atoms. The van der Waals surface area contributed by atoms with E-state index in [1.54, 1.807) is 27.7 Å². The first-order valence-electron chi connectivity index (χ1n) is 12.2. The Morgan fingerprint density at radius 3 is 2.23 bits per heavy atom. The zero-order valence-corrected chi connectivity index (χ0v) is 22.2. The number of amides is 4. The van der Waals surface area contributed by atoms with E-state index in [4.69, 9.17) is 10.5 Å². The molecule has 1 rings (SSSR count). The average molecular weight is 491 g/mol. The van der Waals surface area contributed by atoms with Gasteiger partial charge in [0.15, 0.2) is 0 Å². The molecule has 0 bridgehead atoms. The van der Waals surface area contributed by atoms with E-state index in [0.29, 0.717) is 12.1 Å². The number of nitrogens with one attached hydrogen (secondary N) is 2. The van der Waals surface area contributed by atoms with E-state index in [1.165, 1.54) is 4.90 Å². The summed E-state index contributed by atoms with van der Waals surface area (Å²) >= 11 is 0. The Kier molecular flexibility index (Phi) is 11.7. The van der Waals surface area contributed by atoms with Crippen LogP contribution in [-0.2, 0) is 19.1 Å². The van der Waals surface area contributed by atoms with Crippen molar-refractivity contribution in [1.29, 1.82) is 0 Å². The van der Waals surface area contributed by atoms with Gasteiger partial charge in [-0.25, -0.2) is 4.79 Å². The predicted molar refractivity (Wildman–Crippen MR) is 136 cm³/mol. The number of hydrogen-bond acceptors (Lipinski definition) is 5. The van der Waals surface area contributed by atoms with Crippen LogP contribution in [0.1, 0.15) is 83.0 Å². The first-order chi connectivity index (χ1) is 16.3. The molecule has 0 aliphatic heterocycles. The summed E-state index contributed by atoms with van der Waals surface area (Å²) in [6, 6.07) is 3.39. The third kappa shape index (κ3) is 9.96. The quantitative estimate of drug-likeness (QED) is 0.387. The fraction of sp³-hybridized carbons (Fsp3) is 0.615. The molecule has 9 nitrogen and oxygen atoms in total. The van der Waals surface area contributed by atoms with E-state index >= 15 is 0 Å². The standard InChI is InChI=1S/C26H42N4O5/c1-8-10-11-14-28-23(32)22(19-13-12-17(3)18(4)15-19)30(9-2)24(33)20(16-21(27)31)29-25(34)35-26(5,6)7/h12-13,15,20,22H,8-11,14,16H2,1-7H3,(H2,27,31)(H,28,32)(H,29,34). The molecule has 4 amide bonds. The van der Waals surface area contributed by atoms with Crippen LogP contribution in [0.4, 0.5) is 4.79 Å². The lowest BCUT2D eigenvalue weighted by Crippen LogP contribution is -2.54. The van der Waals surface area contributed by atoms with Gasteiger partial charge in [-0.2, -0.15) is 0 Å². The SMILES string of the molecule is CCCCCNC(=O)C(c1ccc(C)c(C)c1)N(CC)C(=O)C(CC(N)=O)NC(=O)OC(C)(C)C. The molecule has 0 heterocycles. The number of rotatable bonds is 12. The Labute approximate surface area is 209 Å². The van der Waals surface area contributed by atoms with Crippen LogP contribution in [0.3, 0.4) is 0 Å². The van der Waals surface area contributed by atoms with Crippen LogP contribution in [0.25, 0.3) is 0 Å². The van der Waals surface area contributed by atoms with Crippen molar-refractivity contribution in [2.75, 3.05) is 13.1 Å². The van der Waals surface area contributed by atoms with Crippen molar-refractivity contribution in [2.45, 2.75) is 91.8 Å². The summed E-state index contributed by atoms with van der Waals surface area (Å²) in [6.45, 7) is 13.4. The van der Waals surface area contributed by atoms with Gasteiger partial charge in [0, 0.05) is 13.1 Å². The Balaban J connectivity index is 3.34. The highest BCUT2D eigenvalue weighted by Crippen LogP contribution is 2.25. The van der Waals surface area contributed by atoms with Crippen LogP contribution in [-0.4, -0.2) is 53.4 Å². The monoisotopic (exact) mass is 490 g/mol. The minimum absolute atomic E-state index is 0.171. The van der Waals surface area contributed by atoms with Crippen LogP contribution in [0.5, 0.6) is 0 Å². The molecule has 2 atom stereocenters. The molecule has 9 heteroatoms. The third-order valence-electron chi connectivity index (χ3n) is 5.50. The molecule has 1 aromatic carbocycles. The topological polar surface area (TPSA) is 131 Å². The lowest BCUT2D eigenvalue weighted by molar-refractivity contribution is -0.143. The molecule has 4 N–H and O–H groups in total. The third-order valence-corrected chi connectivity index (χ3v) is 5.50. The molecule has 35 heavy (non-hydrogen) atoms. The van der Waals surface area contributed by atoms with E-state index < -0.39 is 42.0 Å². The Hall–Kier alpha value is -3.10. The first-order valence-corrected chi connectivity index (χ1v) is 12.2. The van der Waals surface area contributed by atoms with Crippen LogP contribution in [0.2, 0.25) is 0 Å². The molecule has 0 aromatic heterocycles. The molecule has 0 aliphatic carbocycles. The maximum Gasteiger partial charge on any atom is 0.408 e. The normalized spacial score (nSPS) is 12.9. The lowest BCUT2D eigenvalue weighted by Gasteiger charge is -2.33. The Morgan fingerprint density at radius 2 is 1.71 bits per heavy atom. The van der Waals surface area contributed by atoms with Crippen molar-refractivity contribution >= 4 is 23.8 Å². The van der Waals surface area contributed by atoms with E-state index in [2.05, 4.69) is 17.6 Å². The number of likely N-dealkylation sites (N-methyl/N-ethyl adjacent to an activating group) is 1. The summed E-state index contributed by atoms with van der Waals surface area (Å²) in [6.07, 6.45) is 1.55. The van der Waals surface area contributed by atoms with Gasteiger partial charge in [0.05, 0.1) is 6.42 Å². The predicted octanol–water partition coefficient (Wildman–Crippen LogP) is 3.27. The number of nitrogens with two attached hydrogens (primary N) is 1. The number of benzene rings is 1. The summed E-state index contributed by atoms with van der Waals surface area (Å²) < 4.78 is 5.26. The number of nitrogens with zero attached hydrogens (tertiary/aromatic N) is 1. The van der Waals surface area contributed by atoms with Crippen molar-refractivity contribution in [1.82, 2.24) is 15.5 Å². The summed E-state index contributed by atoms with van der Waals surface area (Å²) in [5, 5.41) is 5.40. The van der Waals surface area contributed by atoms with E-state index in [1.807, 2.05) is 32.0 Å². The maximum atomic E-state index is 13.6. The largest absolute Gasteiger partial charge is 0.444 e. The fourth-order valence-electron chi connectivity index (χ4n) is 3.61. The number of unbranched alkanes of at least 4 members (excludes halogenated alkanes) is 2. The minimum atomic E-state index is -1.27. The van der Waals surface area contributed by atoms with E-state index in [-0.39, 0.29) is 12.5 Å². The second-order valence-corrected chi connectivity index (χ2v) is 9.74. The zero-order chi connectivity index (χ0) is 26.8. The highest BCUT2D eigenvalue weighted by molar-refractivity contribution is 5.94. The average Bonchev–Trinajstić information content (AvgIpc) is 2.74. The zero-order valence-electron chi connectivity index (χ0n) is 22.2. The number of primary amides is 1. The smallest absolute Gasteiger partial charge is 0.408 e. The van der Waals surface area contributed by atoms with E-state index in [9.17, 15) is 19.2 Å². The molecule has 196 valence electrons. The number of aryl methyl sites for hydroxylation is 2. The number of carbonyl (C=O) groups is 4. The van der Waals surface area contributed by atoms with Gasteiger partial charge in [-0.15, -0.1) is 0 Å². The molecule has 0 aliphatic rings. The van der Waals surface area contributed by atoms with Crippen molar-refractivity contribution in [2.24, 2.45) is 5.73 Å². The van der Waals surface area contributed by atoms with Gasteiger partial charge in [0.2, 0.25) is 17.7 Å². The van der Waals surface area contributed by atoms with Gasteiger partial charge in [-0.3, -0.25) is 14.4 Å². The van der Waals surface area contributed by atoms with Gasteiger partial charge in [-0.05, 0) is 64.7 Å². The molecule has 0 fully saturated rings. The van der Waals surface area contributed by atoms with Crippen molar-refractivity contribution in [3.8, 4) is 0 Å². The maximum absolute atomic E-state index is 13.6. The summed E-state index contributed by atoms with van der Waals surface area (Å²) in [7, 11) is 0. The highest BCUT2D eigenvalue weighted by Gasteiger charge is 2.36.